The van der Waals surface area contributed by atoms with E-state index in [-0.39, 0.29) is 23.7 Å². The van der Waals surface area contributed by atoms with Gasteiger partial charge < -0.3 is 19.2 Å². The molecule has 0 saturated carbocycles. The molecule has 1 aliphatic rings. The number of carbonyl (C=O) groups excluding carboxylic acids is 1. The normalized spacial score (nSPS) is 15.0. The lowest BCUT2D eigenvalue weighted by atomic mass is 9.97. The zero-order chi connectivity index (χ0) is 24.5. The molecule has 2 heterocycles. The number of carbonyl (C=O) groups is 1. The maximum Gasteiger partial charge on any atom is 0.290 e. The van der Waals surface area contributed by atoms with Gasteiger partial charge in [-0.3, -0.25) is 9.59 Å². The third-order valence-electron chi connectivity index (χ3n) is 6.41. The average molecular weight is 470 g/mol. The van der Waals surface area contributed by atoms with Crippen LogP contribution >= 0.6 is 0 Å². The minimum absolute atomic E-state index is 0.0548. The van der Waals surface area contributed by atoms with Gasteiger partial charge in [-0.05, 0) is 60.7 Å². The van der Waals surface area contributed by atoms with Gasteiger partial charge in [0.25, 0.3) is 5.91 Å². The third-order valence-corrected chi connectivity index (χ3v) is 6.41. The van der Waals surface area contributed by atoms with Crippen LogP contribution in [0.25, 0.3) is 11.0 Å². The molecule has 0 fully saturated rings. The van der Waals surface area contributed by atoms with Crippen LogP contribution in [0.15, 0.2) is 75.9 Å². The highest BCUT2D eigenvalue weighted by atomic mass is 16.5. The molecule has 0 aliphatic carbocycles. The van der Waals surface area contributed by atoms with Gasteiger partial charge in [0.15, 0.2) is 5.43 Å². The van der Waals surface area contributed by atoms with Gasteiger partial charge in [-0.15, -0.1) is 0 Å². The van der Waals surface area contributed by atoms with Crippen LogP contribution in [0.5, 0.6) is 5.75 Å². The van der Waals surface area contributed by atoms with Gasteiger partial charge in [-0.25, -0.2) is 0 Å². The van der Waals surface area contributed by atoms with Gasteiger partial charge in [0, 0.05) is 13.2 Å². The monoisotopic (exact) mass is 469 g/mol. The van der Waals surface area contributed by atoms with E-state index < -0.39 is 6.04 Å². The Kier molecular flexibility index (Phi) is 6.14. The lowest BCUT2D eigenvalue weighted by Crippen LogP contribution is -2.31. The van der Waals surface area contributed by atoms with Crippen molar-refractivity contribution in [2.45, 2.75) is 32.9 Å². The first kappa shape index (κ1) is 22.9. The summed E-state index contributed by atoms with van der Waals surface area (Å²) in [5, 5.41) is 9.91. The Labute approximate surface area is 203 Å². The van der Waals surface area contributed by atoms with Crippen molar-refractivity contribution in [2.75, 3.05) is 13.2 Å². The quantitative estimate of drug-likeness (QED) is 0.416. The van der Waals surface area contributed by atoms with E-state index in [1.807, 2.05) is 74.5 Å². The number of aliphatic hydroxyl groups excluding tert-OH is 1. The number of fused-ring (bicyclic) bond motifs is 2. The Morgan fingerprint density at radius 3 is 2.46 bits per heavy atom. The lowest BCUT2D eigenvalue weighted by Gasteiger charge is -2.25. The molecule has 6 nitrogen and oxygen atoms in total. The van der Waals surface area contributed by atoms with Gasteiger partial charge >= 0.3 is 0 Å². The van der Waals surface area contributed by atoms with Crippen molar-refractivity contribution < 1.29 is 19.1 Å². The van der Waals surface area contributed by atoms with E-state index in [0.29, 0.717) is 41.9 Å². The van der Waals surface area contributed by atoms with Crippen molar-refractivity contribution in [3.63, 3.8) is 0 Å². The second-order valence-corrected chi connectivity index (χ2v) is 8.95. The number of aliphatic hydroxyl groups is 1. The molecular weight excluding hydrogens is 442 g/mol. The fourth-order valence-electron chi connectivity index (χ4n) is 4.82. The van der Waals surface area contributed by atoms with Gasteiger partial charge in [0.1, 0.15) is 17.9 Å². The number of amides is 1. The first-order chi connectivity index (χ1) is 17.0. The van der Waals surface area contributed by atoms with Crippen LogP contribution in [0.3, 0.4) is 0 Å². The topological polar surface area (TPSA) is 80.0 Å². The van der Waals surface area contributed by atoms with E-state index in [1.165, 1.54) is 0 Å². The van der Waals surface area contributed by atoms with Gasteiger partial charge in [-0.2, -0.15) is 0 Å². The summed E-state index contributed by atoms with van der Waals surface area (Å²) < 4.78 is 12.0. The number of rotatable bonds is 7. The molecule has 3 aromatic carbocycles. The summed E-state index contributed by atoms with van der Waals surface area (Å²) in [6.45, 7) is 4.51. The third kappa shape index (κ3) is 4.21. The first-order valence-corrected chi connectivity index (χ1v) is 11.7. The van der Waals surface area contributed by atoms with E-state index in [9.17, 15) is 14.7 Å². The molecule has 1 N–H and O–H groups in total. The van der Waals surface area contributed by atoms with E-state index in [0.717, 1.165) is 22.3 Å². The molecule has 1 aliphatic heterocycles. The Balaban J connectivity index is 1.55. The SMILES string of the molecule is Cc1cc(C)c2c(=O)c3c(oc2c1)C(=O)N(CCCO)C3c1ccc(OCc2ccccc2)cc1. The summed E-state index contributed by atoms with van der Waals surface area (Å²) >= 11 is 0. The number of ether oxygens (including phenoxy) is 1. The maximum absolute atomic E-state index is 13.7. The van der Waals surface area contributed by atoms with Crippen LogP contribution < -0.4 is 10.2 Å². The van der Waals surface area contributed by atoms with E-state index in [1.54, 1.807) is 11.0 Å². The Morgan fingerprint density at radius 1 is 1.00 bits per heavy atom. The van der Waals surface area contributed by atoms with Gasteiger partial charge in [-0.1, -0.05) is 48.5 Å². The molecule has 4 aromatic rings. The largest absolute Gasteiger partial charge is 0.489 e. The van der Waals surface area contributed by atoms with E-state index in [4.69, 9.17) is 9.15 Å². The zero-order valence-electron chi connectivity index (χ0n) is 19.8. The molecule has 0 spiro atoms. The van der Waals surface area contributed by atoms with Crippen molar-refractivity contribution in [3.05, 3.63) is 111 Å². The molecule has 1 atom stereocenters. The van der Waals surface area contributed by atoms with Gasteiger partial charge in [0.05, 0.1) is 17.0 Å². The molecule has 0 radical (unpaired) electrons. The highest BCUT2D eigenvalue weighted by Crippen LogP contribution is 2.39. The Bertz CT molecular complexity index is 1440. The second-order valence-electron chi connectivity index (χ2n) is 8.95. The van der Waals surface area contributed by atoms with E-state index in [2.05, 4.69) is 0 Å². The highest BCUT2D eigenvalue weighted by Gasteiger charge is 2.42. The molecule has 5 rings (SSSR count). The zero-order valence-corrected chi connectivity index (χ0v) is 19.8. The van der Waals surface area contributed by atoms with Crippen LogP contribution in [0.4, 0.5) is 0 Å². The summed E-state index contributed by atoms with van der Waals surface area (Å²) in [7, 11) is 0. The number of benzene rings is 3. The van der Waals surface area contributed by atoms with Crippen molar-refractivity contribution >= 4 is 16.9 Å². The fourth-order valence-corrected chi connectivity index (χ4v) is 4.82. The molecule has 0 bridgehead atoms. The predicted molar refractivity (Wildman–Crippen MR) is 134 cm³/mol. The minimum Gasteiger partial charge on any atom is -0.489 e. The molecule has 6 heteroatoms. The molecule has 35 heavy (non-hydrogen) atoms. The number of aryl methyl sites for hydroxylation is 2. The summed E-state index contributed by atoms with van der Waals surface area (Å²) in [5.41, 5.74) is 4.23. The van der Waals surface area contributed by atoms with Crippen LogP contribution in [0, 0.1) is 13.8 Å². The summed E-state index contributed by atoms with van der Waals surface area (Å²) in [6, 6.07) is 20.5. The van der Waals surface area contributed by atoms with Crippen LogP contribution in [-0.2, 0) is 6.61 Å². The number of hydrogen-bond donors (Lipinski definition) is 1. The lowest BCUT2D eigenvalue weighted by molar-refractivity contribution is 0.0716. The molecule has 1 amide bonds. The van der Waals surface area contributed by atoms with Crippen LogP contribution in [-0.4, -0.2) is 29.1 Å². The summed E-state index contributed by atoms with van der Waals surface area (Å²) in [5.74, 6) is 0.446. The second kappa shape index (κ2) is 9.39. The Hall–Kier alpha value is -3.90. The first-order valence-electron chi connectivity index (χ1n) is 11.7. The van der Waals surface area contributed by atoms with Crippen molar-refractivity contribution in [2.24, 2.45) is 0 Å². The summed E-state index contributed by atoms with van der Waals surface area (Å²) in [6.07, 6.45) is 0.403. The standard InChI is InChI=1S/C29H27NO5/c1-18-15-19(2)24-23(16-18)35-28-25(27(24)32)26(30(29(28)33)13-6-14-31)21-9-11-22(12-10-21)34-17-20-7-4-3-5-8-20/h3-5,7-12,15-16,26,31H,6,13-14,17H2,1-2H3. The van der Waals surface area contributed by atoms with Crippen molar-refractivity contribution in [1.29, 1.82) is 0 Å². The minimum atomic E-state index is -0.589. The molecular formula is C29H27NO5. The molecule has 0 saturated heterocycles. The fraction of sp³-hybridized carbons (Fsp3) is 0.241. The van der Waals surface area contributed by atoms with Crippen molar-refractivity contribution in [1.82, 2.24) is 4.90 Å². The van der Waals surface area contributed by atoms with Crippen LogP contribution in [0.2, 0.25) is 0 Å². The smallest absolute Gasteiger partial charge is 0.290 e. The van der Waals surface area contributed by atoms with Crippen LogP contribution in [0.1, 0.15) is 50.8 Å². The maximum atomic E-state index is 13.7. The number of hydrogen-bond acceptors (Lipinski definition) is 5. The van der Waals surface area contributed by atoms with Crippen molar-refractivity contribution in [3.8, 4) is 5.75 Å². The summed E-state index contributed by atoms with van der Waals surface area (Å²) in [4.78, 5) is 28.7. The molecule has 1 unspecified atom stereocenters. The molecule has 1 aromatic heterocycles. The number of nitrogens with zero attached hydrogens (tertiary/aromatic N) is 1. The van der Waals surface area contributed by atoms with Gasteiger partial charge in [0.2, 0.25) is 5.76 Å². The molecule has 178 valence electrons. The predicted octanol–water partition coefficient (Wildman–Crippen LogP) is 4.92. The Morgan fingerprint density at radius 2 is 1.74 bits per heavy atom. The average Bonchev–Trinajstić information content (AvgIpc) is 3.13. The van der Waals surface area contributed by atoms with E-state index >= 15 is 0 Å². The highest BCUT2D eigenvalue weighted by molar-refractivity contribution is 5.99.